The zero-order valence-corrected chi connectivity index (χ0v) is 17.1. The molecule has 0 saturated carbocycles. The van der Waals surface area contributed by atoms with Gasteiger partial charge < -0.3 is 19.7 Å². The zero-order valence-electron chi connectivity index (χ0n) is 17.1. The molecule has 0 saturated heterocycles. The molecule has 0 bridgehead atoms. The van der Waals surface area contributed by atoms with Crippen LogP contribution >= 0.6 is 0 Å². The third kappa shape index (κ3) is 2.42. The second-order valence-corrected chi connectivity index (χ2v) is 8.13. The van der Waals surface area contributed by atoms with Gasteiger partial charge in [0.15, 0.2) is 5.60 Å². The Bertz CT molecular complexity index is 1420. The normalized spacial score (nSPS) is 17.8. The van der Waals surface area contributed by atoms with Crippen LogP contribution in [0.15, 0.2) is 78.9 Å². The van der Waals surface area contributed by atoms with Crippen molar-refractivity contribution in [1.29, 1.82) is 0 Å². The first-order chi connectivity index (χ1) is 15.5. The molecule has 2 N–H and O–H groups in total. The highest BCUT2D eigenvalue weighted by atomic mass is 16.6. The van der Waals surface area contributed by atoms with Crippen LogP contribution in [0.4, 0.5) is 0 Å². The van der Waals surface area contributed by atoms with E-state index in [1.165, 1.54) is 12.1 Å². The van der Waals surface area contributed by atoms with Gasteiger partial charge in [0.25, 0.3) is 0 Å². The summed E-state index contributed by atoms with van der Waals surface area (Å²) >= 11 is 0. The Balaban J connectivity index is 1.76. The van der Waals surface area contributed by atoms with Crippen LogP contribution in [0.5, 0.6) is 23.0 Å². The first-order valence-corrected chi connectivity index (χ1v) is 10.3. The molecule has 32 heavy (non-hydrogen) atoms. The number of hydrogen-bond donors (Lipinski definition) is 2. The van der Waals surface area contributed by atoms with Crippen molar-refractivity contribution in [2.45, 2.75) is 12.5 Å². The van der Waals surface area contributed by atoms with Crippen molar-refractivity contribution in [3.8, 4) is 34.1 Å². The van der Waals surface area contributed by atoms with Gasteiger partial charge in [-0.25, -0.2) is 4.79 Å². The van der Waals surface area contributed by atoms with E-state index in [9.17, 15) is 15.0 Å². The van der Waals surface area contributed by atoms with Crippen molar-refractivity contribution in [3.05, 3.63) is 107 Å². The Hall–Kier alpha value is -4.25. The van der Waals surface area contributed by atoms with Crippen LogP contribution in [0.2, 0.25) is 0 Å². The van der Waals surface area contributed by atoms with Gasteiger partial charge in [0, 0.05) is 23.3 Å². The molecular formula is C27H18O5. The summed E-state index contributed by atoms with van der Waals surface area (Å²) in [5.41, 5.74) is 3.79. The summed E-state index contributed by atoms with van der Waals surface area (Å²) in [7, 11) is 0. The first kappa shape index (κ1) is 18.5. The summed E-state index contributed by atoms with van der Waals surface area (Å²) in [6.45, 7) is 2.00. The van der Waals surface area contributed by atoms with Crippen molar-refractivity contribution in [3.63, 3.8) is 0 Å². The van der Waals surface area contributed by atoms with E-state index in [4.69, 9.17) is 9.47 Å². The molecule has 0 aliphatic carbocycles. The molecule has 0 amide bonds. The number of carbonyl (C=O) groups excluding carboxylic acids is 1. The number of rotatable bonds is 1. The Labute approximate surface area is 184 Å². The van der Waals surface area contributed by atoms with Gasteiger partial charge in [0.05, 0.1) is 11.1 Å². The molecule has 4 aromatic carbocycles. The van der Waals surface area contributed by atoms with Crippen molar-refractivity contribution in [1.82, 2.24) is 0 Å². The molecule has 5 heteroatoms. The first-order valence-electron chi connectivity index (χ1n) is 10.3. The molecule has 156 valence electrons. The summed E-state index contributed by atoms with van der Waals surface area (Å²) in [5, 5.41) is 20.6. The summed E-state index contributed by atoms with van der Waals surface area (Å²) < 4.78 is 12.3. The monoisotopic (exact) mass is 422 g/mol. The smallest absolute Gasteiger partial charge is 0.340 e. The molecule has 1 spiro atoms. The van der Waals surface area contributed by atoms with Gasteiger partial charge in [-0.05, 0) is 42.3 Å². The molecule has 0 fully saturated rings. The molecule has 0 aromatic heterocycles. The van der Waals surface area contributed by atoms with E-state index in [0.717, 1.165) is 11.1 Å². The van der Waals surface area contributed by atoms with E-state index >= 15 is 0 Å². The van der Waals surface area contributed by atoms with Gasteiger partial charge in [0.2, 0.25) is 0 Å². The maximum atomic E-state index is 13.0. The lowest BCUT2D eigenvalue weighted by Crippen LogP contribution is -2.33. The highest BCUT2D eigenvalue weighted by Crippen LogP contribution is 2.59. The molecule has 2 heterocycles. The molecule has 6 rings (SSSR count). The van der Waals surface area contributed by atoms with Crippen LogP contribution in [0.3, 0.4) is 0 Å². The average Bonchev–Trinajstić information content (AvgIpc) is 3.06. The maximum absolute atomic E-state index is 13.0. The molecule has 2 aliphatic heterocycles. The number of aryl methyl sites for hydroxylation is 1. The highest BCUT2D eigenvalue weighted by molar-refractivity contribution is 5.98. The fourth-order valence-corrected chi connectivity index (χ4v) is 4.75. The van der Waals surface area contributed by atoms with E-state index in [1.54, 1.807) is 30.3 Å². The van der Waals surface area contributed by atoms with E-state index in [-0.39, 0.29) is 11.5 Å². The van der Waals surface area contributed by atoms with Gasteiger partial charge in [0.1, 0.15) is 23.0 Å². The van der Waals surface area contributed by atoms with E-state index < -0.39 is 11.6 Å². The molecule has 2 aliphatic rings. The Kier molecular flexibility index (Phi) is 3.69. The third-order valence-corrected chi connectivity index (χ3v) is 6.14. The number of ether oxygens (including phenoxy) is 2. The quantitative estimate of drug-likeness (QED) is 0.388. The van der Waals surface area contributed by atoms with Crippen molar-refractivity contribution in [2.24, 2.45) is 0 Å². The Morgan fingerprint density at radius 2 is 1.50 bits per heavy atom. The predicted molar refractivity (Wildman–Crippen MR) is 118 cm³/mol. The highest BCUT2D eigenvalue weighted by Gasteiger charge is 2.54. The molecule has 1 atom stereocenters. The van der Waals surface area contributed by atoms with Crippen LogP contribution in [0.25, 0.3) is 11.1 Å². The second kappa shape index (κ2) is 6.37. The van der Waals surface area contributed by atoms with Crippen molar-refractivity contribution < 1.29 is 24.5 Å². The molecule has 5 nitrogen and oxygen atoms in total. The summed E-state index contributed by atoms with van der Waals surface area (Å²) in [6, 6.07) is 23.1. The van der Waals surface area contributed by atoms with E-state index in [1.807, 2.05) is 43.3 Å². The Morgan fingerprint density at radius 1 is 0.750 bits per heavy atom. The number of phenolic OH excluding ortho intramolecular Hbond substituents is 2. The lowest BCUT2D eigenvalue weighted by molar-refractivity contribution is 0.0226. The number of fused-ring (bicyclic) bond motifs is 6. The standard InChI is InChI=1S/C27H18O5/c1-15-6-8-16(9-7-15)20-12-18(29)14-24-25(20)27(22-11-10-17(28)13-23(22)31-24)21-5-3-2-4-19(21)26(30)32-27/h2-14,28-29H,1H3. The van der Waals surface area contributed by atoms with Gasteiger partial charge in [-0.1, -0.05) is 48.0 Å². The lowest BCUT2D eigenvalue weighted by atomic mass is 9.74. The summed E-state index contributed by atoms with van der Waals surface area (Å²) in [5.74, 6) is 0.343. The van der Waals surface area contributed by atoms with Crippen LogP contribution in [-0.2, 0) is 10.3 Å². The second-order valence-electron chi connectivity index (χ2n) is 8.13. The molecule has 4 aromatic rings. The third-order valence-electron chi connectivity index (χ3n) is 6.14. The van der Waals surface area contributed by atoms with Crippen molar-refractivity contribution >= 4 is 5.97 Å². The Morgan fingerprint density at radius 3 is 2.31 bits per heavy atom. The summed E-state index contributed by atoms with van der Waals surface area (Å²) in [4.78, 5) is 13.0. The fourth-order valence-electron chi connectivity index (χ4n) is 4.75. The number of carbonyl (C=O) groups is 1. The molecule has 0 radical (unpaired) electrons. The number of phenols is 2. The van der Waals surface area contributed by atoms with E-state index in [2.05, 4.69) is 0 Å². The van der Waals surface area contributed by atoms with Crippen LogP contribution < -0.4 is 4.74 Å². The van der Waals surface area contributed by atoms with Gasteiger partial charge in [-0.2, -0.15) is 0 Å². The van der Waals surface area contributed by atoms with E-state index in [0.29, 0.717) is 39.3 Å². The van der Waals surface area contributed by atoms with Crippen LogP contribution in [-0.4, -0.2) is 16.2 Å². The minimum atomic E-state index is -1.28. The molecule has 1 unspecified atom stereocenters. The molecular weight excluding hydrogens is 404 g/mol. The fraction of sp³-hybridized carbons (Fsp3) is 0.0741. The maximum Gasteiger partial charge on any atom is 0.340 e. The van der Waals surface area contributed by atoms with Crippen molar-refractivity contribution in [2.75, 3.05) is 0 Å². The van der Waals surface area contributed by atoms with Crippen LogP contribution in [0, 0.1) is 6.92 Å². The summed E-state index contributed by atoms with van der Waals surface area (Å²) in [6.07, 6.45) is 0. The minimum absolute atomic E-state index is 0.0238. The average molecular weight is 422 g/mol. The predicted octanol–water partition coefficient (Wildman–Crippen LogP) is 5.64. The number of hydrogen-bond acceptors (Lipinski definition) is 5. The largest absolute Gasteiger partial charge is 0.508 e. The topological polar surface area (TPSA) is 76.0 Å². The van der Waals surface area contributed by atoms with Gasteiger partial charge >= 0.3 is 5.97 Å². The SMILES string of the molecule is Cc1ccc(-c2cc(O)cc3c2C2(OC(=O)c4ccccc42)c2ccc(O)cc2O3)cc1. The lowest BCUT2D eigenvalue weighted by Gasteiger charge is -2.38. The minimum Gasteiger partial charge on any atom is -0.508 e. The van der Waals surface area contributed by atoms with Gasteiger partial charge in [-0.3, -0.25) is 0 Å². The number of aromatic hydroxyl groups is 2. The number of esters is 1. The zero-order chi connectivity index (χ0) is 22.0. The van der Waals surface area contributed by atoms with Gasteiger partial charge in [-0.15, -0.1) is 0 Å². The number of benzene rings is 4. The van der Waals surface area contributed by atoms with Crippen LogP contribution in [0.1, 0.15) is 32.6 Å².